The molecule has 2 aromatic rings. The number of carbonyl (C=O) groups excluding carboxylic acids is 1. The van der Waals surface area contributed by atoms with Gasteiger partial charge in [-0.15, -0.1) is 11.8 Å². The van der Waals surface area contributed by atoms with Crippen LogP contribution < -0.4 is 10.6 Å². The lowest BCUT2D eigenvalue weighted by atomic mass is 10.2. The van der Waals surface area contributed by atoms with Gasteiger partial charge in [0, 0.05) is 24.5 Å². The van der Waals surface area contributed by atoms with Gasteiger partial charge in [0.1, 0.15) is 0 Å². The van der Waals surface area contributed by atoms with Gasteiger partial charge in [0.05, 0.1) is 5.25 Å². The molecule has 0 bridgehead atoms. The van der Waals surface area contributed by atoms with E-state index in [1.807, 2.05) is 55.5 Å². The van der Waals surface area contributed by atoms with Crippen LogP contribution in [0.5, 0.6) is 0 Å². The molecule has 0 aromatic heterocycles. The third kappa shape index (κ3) is 6.78. The lowest BCUT2D eigenvalue weighted by Crippen LogP contribution is -2.32. The summed E-state index contributed by atoms with van der Waals surface area (Å²) in [6.07, 6.45) is 0.913. The van der Waals surface area contributed by atoms with Crippen LogP contribution in [0, 0.1) is 0 Å². The molecule has 0 saturated heterocycles. The molecule has 122 valence electrons. The van der Waals surface area contributed by atoms with Crippen LogP contribution in [0.15, 0.2) is 60.7 Å². The van der Waals surface area contributed by atoms with E-state index >= 15 is 0 Å². The summed E-state index contributed by atoms with van der Waals surface area (Å²) >= 11 is 1.67. The van der Waals surface area contributed by atoms with Crippen molar-refractivity contribution in [1.29, 1.82) is 0 Å². The monoisotopic (exact) mass is 328 g/mol. The Kier molecular flexibility index (Phi) is 7.54. The molecule has 0 spiro atoms. The molecule has 0 heterocycles. The predicted octanol–water partition coefficient (Wildman–Crippen LogP) is 3.93. The predicted molar refractivity (Wildman–Crippen MR) is 99.8 cm³/mol. The van der Waals surface area contributed by atoms with Crippen LogP contribution in [0.3, 0.4) is 0 Å². The Balaban J connectivity index is 1.57. The second-order valence-electron chi connectivity index (χ2n) is 5.38. The molecular formula is C19H24N2OS. The second-order valence-corrected chi connectivity index (χ2v) is 6.71. The van der Waals surface area contributed by atoms with E-state index in [1.165, 1.54) is 5.56 Å². The van der Waals surface area contributed by atoms with E-state index in [2.05, 4.69) is 22.8 Å². The van der Waals surface area contributed by atoms with Gasteiger partial charge in [-0.05, 0) is 31.0 Å². The van der Waals surface area contributed by atoms with E-state index in [0.29, 0.717) is 6.54 Å². The average molecular weight is 328 g/mol. The van der Waals surface area contributed by atoms with E-state index in [0.717, 1.165) is 24.4 Å². The topological polar surface area (TPSA) is 41.1 Å². The summed E-state index contributed by atoms with van der Waals surface area (Å²) in [5, 5.41) is 6.31. The first-order valence-corrected chi connectivity index (χ1v) is 9.03. The molecule has 1 amide bonds. The Morgan fingerprint density at radius 2 is 1.65 bits per heavy atom. The van der Waals surface area contributed by atoms with Crippen molar-refractivity contribution in [3.05, 3.63) is 66.2 Å². The molecule has 0 aliphatic rings. The van der Waals surface area contributed by atoms with E-state index in [9.17, 15) is 4.79 Å². The Hall–Kier alpha value is -1.94. The van der Waals surface area contributed by atoms with E-state index in [4.69, 9.17) is 0 Å². The molecule has 1 unspecified atom stereocenters. The number of carbonyl (C=O) groups is 1. The third-order valence-electron chi connectivity index (χ3n) is 3.47. The van der Waals surface area contributed by atoms with Crippen molar-refractivity contribution in [2.24, 2.45) is 0 Å². The maximum atomic E-state index is 12.0. The van der Waals surface area contributed by atoms with Crippen LogP contribution in [0.25, 0.3) is 0 Å². The van der Waals surface area contributed by atoms with Crippen LogP contribution >= 0.6 is 11.8 Å². The van der Waals surface area contributed by atoms with Crippen molar-refractivity contribution >= 4 is 23.4 Å². The number of rotatable bonds is 9. The molecule has 0 radical (unpaired) electrons. The fraction of sp³-hybridized carbons (Fsp3) is 0.316. The third-order valence-corrected chi connectivity index (χ3v) is 4.68. The van der Waals surface area contributed by atoms with Gasteiger partial charge < -0.3 is 10.6 Å². The highest BCUT2D eigenvalue weighted by Gasteiger charge is 2.12. The Bertz CT molecular complexity index is 574. The van der Waals surface area contributed by atoms with Crippen molar-refractivity contribution in [2.45, 2.75) is 24.3 Å². The van der Waals surface area contributed by atoms with Crippen LogP contribution in [-0.4, -0.2) is 24.2 Å². The van der Waals surface area contributed by atoms with Crippen molar-refractivity contribution < 1.29 is 4.79 Å². The molecule has 0 saturated carbocycles. The van der Waals surface area contributed by atoms with Gasteiger partial charge >= 0.3 is 0 Å². The summed E-state index contributed by atoms with van der Waals surface area (Å²) in [6, 6.07) is 20.3. The summed E-state index contributed by atoms with van der Waals surface area (Å²) in [7, 11) is 0. The molecule has 0 aliphatic heterocycles. The Morgan fingerprint density at radius 3 is 2.35 bits per heavy atom. The first-order valence-electron chi connectivity index (χ1n) is 7.98. The number of para-hydroxylation sites is 1. The van der Waals surface area contributed by atoms with Crippen LogP contribution in [0.4, 0.5) is 5.69 Å². The largest absolute Gasteiger partial charge is 0.385 e. The number of benzene rings is 2. The lowest BCUT2D eigenvalue weighted by Gasteiger charge is -2.12. The molecule has 4 heteroatoms. The van der Waals surface area contributed by atoms with Crippen LogP contribution in [0.1, 0.15) is 18.9 Å². The number of hydrogen-bond acceptors (Lipinski definition) is 3. The van der Waals surface area contributed by atoms with Crippen molar-refractivity contribution in [3.63, 3.8) is 0 Å². The summed E-state index contributed by atoms with van der Waals surface area (Å²) in [5.74, 6) is 0.982. The maximum Gasteiger partial charge on any atom is 0.232 e. The van der Waals surface area contributed by atoms with Gasteiger partial charge in [0.25, 0.3) is 0 Å². The van der Waals surface area contributed by atoms with E-state index in [1.54, 1.807) is 11.8 Å². The number of amides is 1. The molecule has 1 atom stereocenters. The minimum Gasteiger partial charge on any atom is -0.385 e. The van der Waals surface area contributed by atoms with Crippen LogP contribution in [-0.2, 0) is 10.5 Å². The quantitative estimate of drug-likeness (QED) is 0.685. The standard InChI is InChI=1S/C19H24N2OS/c1-16(23-15-17-9-4-2-5-10-17)19(22)21-14-8-13-20-18-11-6-3-7-12-18/h2-7,9-12,16,20H,8,13-15H2,1H3,(H,21,22). The van der Waals surface area contributed by atoms with Gasteiger partial charge in [-0.1, -0.05) is 48.5 Å². The molecule has 3 nitrogen and oxygen atoms in total. The average Bonchev–Trinajstić information content (AvgIpc) is 2.61. The highest BCUT2D eigenvalue weighted by molar-refractivity contribution is 7.99. The van der Waals surface area contributed by atoms with E-state index < -0.39 is 0 Å². The van der Waals surface area contributed by atoms with Gasteiger partial charge in [0.15, 0.2) is 0 Å². The minimum atomic E-state index is -0.0303. The normalized spacial score (nSPS) is 11.7. The van der Waals surface area contributed by atoms with Crippen LogP contribution in [0.2, 0.25) is 0 Å². The number of anilines is 1. The first-order chi connectivity index (χ1) is 11.3. The fourth-order valence-corrected chi connectivity index (χ4v) is 2.97. The molecule has 23 heavy (non-hydrogen) atoms. The molecule has 0 aliphatic carbocycles. The Morgan fingerprint density at radius 1 is 1.00 bits per heavy atom. The van der Waals surface area contributed by atoms with Crippen molar-refractivity contribution in [2.75, 3.05) is 18.4 Å². The highest BCUT2D eigenvalue weighted by Crippen LogP contribution is 2.17. The van der Waals surface area contributed by atoms with E-state index in [-0.39, 0.29) is 11.2 Å². The number of nitrogens with one attached hydrogen (secondary N) is 2. The van der Waals surface area contributed by atoms with Gasteiger partial charge in [-0.25, -0.2) is 0 Å². The zero-order chi connectivity index (χ0) is 16.3. The molecule has 2 rings (SSSR count). The fourth-order valence-electron chi connectivity index (χ4n) is 2.10. The highest BCUT2D eigenvalue weighted by atomic mass is 32.2. The maximum absolute atomic E-state index is 12.0. The van der Waals surface area contributed by atoms with Crippen molar-refractivity contribution in [1.82, 2.24) is 5.32 Å². The lowest BCUT2D eigenvalue weighted by molar-refractivity contribution is -0.120. The molecule has 2 aromatic carbocycles. The zero-order valence-electron chi connectivity index (χ0n) is 13.5. The second kappa shape index (κ2) is 9.95. The summed E-state index contributed by atoms with van der Waals surface area (Å²) in [4.78, 5) is 12.0. The summed E-state index contributed by atoms with van der Waals surface area (Å²) < 4.78 is 0. The molecule has 0 fully saturated rings. The SMILES string of the molecule is CC(SCc1ccccc1)C(=O)NCCCNc1ccccc1. The number of hydrogen-bond donors (Lipinski definition) is 2. The molecular weight excluding hydrogens is 304 g/mol. The van der Waals surface area contributed by atoms with Gasteiger partial charge in [-0.3, -0.25) is 4.79 Å². The Labute approximate surface area is 142 Å². The zero-order valence-corrected chi connectivity index (χ0v) is 14.3. The smallest absolute Gasteiger partial charge is 0.232 e. The molecule has 2 N–H and O–H groups in total. The van der Waals surface area contributed by atoms with Gasteiger partial charge in [-0.2, -0.15) is 0 Å². The minimum absolute atomic E-state index is 0.0303. The number of thioether (sulfide) groups is 1. The summed E-state index contributed by atoms with van der Waals surface area (Å²) in [6.45, 7) is 3.52. The van der Waals surface area contributed by atoms with Gasteiger partial charge in [0.2, 0.25) is 5.91 Å². The first kappa shape index (κ1) is 17.4. The summed E-state index contributed by atoms with van der Waals surface area (Å²) in [5.41, 5.74) is 2.37. The van der Waals surface area contributed by atoms with Crippen molar-refractivity contribution in [3.8, 4) is 0 Å².